The maximum atomic E-state index is 9.07. The Kier molecular flexibility index (Phi) is 4.23. The van der Waals surface area contributed by atoms with Crippen LogP contribution in [0.5, 0.6) is 0 Å². The van der Waals surface area contributed by atoms with Crippen molar-refractivity contribution in [3.63, 3.8) is 0 Å². The van der Waals surface area contributed by atoms with E-state index in [1.807, 2.05) is 47.3 Å². The monoisotopic (exact) mass is 398 g/mol. The summed E-state index contributed by atoms with van der Waals surface area (Å²) >= 11 is 6.44. The van der Waals surface area contributed by atoms with Crippen LogP contribution in [0.15, 0.2) is 67.1 Å². The van der Waals surface area contributed by atoms with Gasteiger partial charge < -0.3 is 4.90 Å². The average molecular weight is 399 g/mol. The van der Waals surface area contributed by atoms with Crippen LogP contribution in [0.2, 0.25) is 5.02 Å². The van der Waals surface area contributed by atoms with E-state index < -0.39 is 0 Å². The van der Waals surface area contributed by atoms with Gasteiger partial charge in [0.1, 0.15) is 11.5 Å². The average Bonchev–Trinajstić information content (AvgIpc) is 3.42. The first-order valence-corrected chi connectivity index (χ1v) is 9.55. The summed E-state index contributed by atoms with van der Waals surface area (Å²) in [4.78, 5) is 11.1. The molecule has 6 nitrogen and oxygen atoms in total. The molecular formula is C22H15ClN6. The van der Waals surface area contributed by atoms with Gasteiger partial charge in [0, 0.05) is 30.7 Å². The van der Waals surface area contributed by atoms with E-state index in [4.69, 9.17) is 22.0 Å². The minimum atomic E-state index is 0.540. The fourth-order valence-corrected chi connectivity index (χ4v) is 3.91. The van der Waals surface area contributed by atoms with E-state index in [9.17, 15) is 0 Å². The topological polar surface area (TPSA) is 70.6 Å². The Hall–Kier alpha value is -3.69. The molecule has 140 valence electrons. The van der Waals surface area contributed by atoms with E-state index in [0.29, 0.717) is 10.6 Å². The number of hydrogen-bond acceptors (Lipinski definition) is 5. The maximum Gasteiger partial charge on any atom is 0.138 e. The number of rotatable bonds is 3. The summed E-state index contributed by atoms with van der Waals surface area (Å²) < 4.78 is 1.87. The van der Waals surface area contributed by atoms with Crippen LogP contribution in [0.4, 0.5) is 11.5 Å². The minimum Gasteiger partial charge on any atom is -0.324 e. The number of aromatic nitrogens is 4. The first-order chi connectivity index (χ1) is 14.2. The Balaban J connectivity index is 1.54. The summed E-state index contributed by atoms with van der Waals surface area (Å²) in [5.74, 6) is 0.865. The molecule has 0 spiro atoms. The third kappa shape index (κ3) is 3.02. The van der Waals surface area contributed by atoms with E-state index in [1.165, 1.54) is 0 Å². The molecule has 4 heterocycles. The Morgan fingerprint density at radius 3 is 2.69 bits per heavy atom. The number of nitriles is 1. The van der Waals surface area contributed by atoms with Crippen LogP contribution < -0.4 is 4.90 Å². The lowest BCUT2D eigenvalue weighted by atomic mass is 10.2. The van der Waals surface area contributed by atoms with Gasteiger partial charge in [0.15, 0.2) is 0 Å². The molecule has 29 heavy (non-hydrogen) atoms. The van der Waals surface area contributed by atoms with Gasteiger partial charge in [0.2, 0.25) is 0 Å². The summed E-state index contributed by atoms with van der Waals surface area (Å²) in [5.41, 5.74) is 5.15. The molecule has 3 aromatic heterocycles. The van der Waals surface area contributed by atoms with Crippen LogP contribution in [-0.2, 0) is 6.42 Å². The van der Waals surface area contributed by atoms with Gasteiger partial charge in [-0.1, -0.05) is 17.7 Å². The molecule has 0 amide bonds. The fraction of sp³-hybridized carbons (Fsp3) is 0.0909. The standard InChI is InChI=1S/C22H15ClN6/c23-17-13-15(14-24)4-5-21(17)28-11-7-16-20(6-10-26-22(16)28)29-12-8-19(27-29)18-3-1-2-9-25-18/h1-6,8-10,12-13H,7,11H2. The van der Waals surface area contributed by atoms with Crippen LogP contribution in [0, 0.1) is 11.3 Å². The van der Waals surface area contributed by atoms with Crippen LogP contribution in [0.3, 0.4) is 0 Å². The number of anilines is 2. The molecular weight excluding hydrogens is 384 g/mol. The molecule has 0 atom stereocenters. The van der Waals surface area contributed by atoms with E-state index in [-0.39, 0.29) is 0 Å². The van der Waals surface area contributed by atoms with Crippen molar-refractivity contribution in [3.8, 4) is 23.1 Å². The molecule has 0 unspecified atom stereocenters. The fourth-order valence-electron chi connectivity index (χ4n) is 3.63. The number of benzene rings is 1. The predicted molar refractivity (Wildman–Crippen MR) is 111 cm³/mol. The number of pyridine rings is 2. The summed E-state index contributed by atoms with van der Waals surface area (Å²) in [5, 5.41) is 14.3. The lowest BCUT2D eigenvalue weighted by molar-refractivity contribution is 0.865. The minimum absolute atomic E-state index is 0.540. The molecule has 0 radical (unpaired) electrons. The van der Waals surface area contributed by atoms with Crippen molar-refractivity contribution in [1.82, 2.24) is 19.7 Å². The van der Waals surface area contributed by atoms with Crippen molar-refractivity contribution in [2.75, 3.05) is 11.4 Å². The number of halogens is 1. The van der Waals surface area contributed by atoms with Crippen LogP contribution in [0.25, 0.3) is 17.1 Å². The third-order valence-corrected chi connectivity index (χ3v) is 5.28. The van der Waals surface area contributed by atoms with Gasteiger partial charge in [-0.25, -0.2) is 9.67 Å². The molecule has 1 aliphatic rings. The summed E-state index contributed by atoms with van der Waals surface area (Å²) in [6.07, 6.45) is 6.31. The Bertz CT molecular complexity index is 1240. The zero-order valence-corrected chi connectivity index (χ0v) is 16.1. The lowest BCUT2D eigenvalue weighted by Gasteiger charge is -2.20. The van der Waals surface area contributed by atoms with Gasteiger partial charge in [-0.2, -0.15) is 10.4 Å². The second kappa shape index (κ2) is 7.04. The van der Waals surface area contributed by atoms with Gasteiger partial charge in [0.05, 0.1) is 33.7 Å². The highest BCUT2D eigenvalue weighted by Gasteiger charge is 2.26. The molecule has 0 aliphatic carbocycles. The zero-order valence-electron chi connectivity index (χ0n) is 15.3. The van der Waals surface area contributed by atoms with Crippen molar-refractivity contribution < 1.29 is 0 Å². The van der Waals surface area contributed by atoms with E-state index in [2.05, 4.69) is 20.9 Å². The van der Waals surface area contributed by atoms with E-state index in [0.717, 1.165) is 47.1 Å². The maximum absolute atomic E-state index is 9.07. The van der Waals surface area contributed by atoms with Crippen molar-refractivity contribution >= 4 is 23.1 Å². The van der Waals surface area contributed by atoms with Crippen molar-refractivity contribution in [2.24, 2.45) is 0 Å². The Labute approximate surface area is 172 Å². The van der Waals surface area contributed by atoms with Gasteiger partial charge in [0.25, 0.3) is 0 Å². The Morgan fingerprint density at radius 2 is 1.90 bits per heavy atom. The zero-order chi connectivity index (χ0) is 19.8. The quantitative estimate of drug-likeness (QED) is 0.506. The van der Waals surface area contributed by atoms with Crippen molar-refractivity contribution in [2.45, 2.75) is 6.42 Å². The van der Waals surface area contributed by atoms with E-state index >= 15 is 0 Å². The molecule has 4 aromatic rings. The second-order valence-corrected chi connectivity index (χ2v) is 7.08. The lowest BCUT2D eigenvalue weighted by Crippen LogP contribution is -2.14. The largest absolute Gasteiger partial charge is 0.324 e. The first-order valence-electron chi connectivity index (χ1n) is 9.17. The highest BCUT2D eigenvalue weighted by Crippen LogP contribution is 2.39. The Morgan fingerprint density at radius 1 is 0.966 bits per heavy atom. The van der Waals surface area contributed by atoms with Crippen LogP contribution >= 0.6 is 11.6 Å². The number of nitrogens with zero attached hydrogens (tertiary/aromatic N) is 6. The van der Waals surface area contributed by atoms with Gasteiger partial charge in [-0.05, 0) is 48.9 Å². The number of fused-ring (bicyclic) bond motifs is 1. The summed E-state index contributed by atoms with van der Waals surface area (Å²) in [6.45, 7) is 0.763. The molecule has 1 aliphatic heterocycles. The highest BCUT2D eigenvalue weighted by atomic mass is 35.5. The highest BCUT2D eigenvalue weighted by molar-refractivity contribution is 6.33. The second-order valence-electron chi connectivity index (χ2n) is 6.67. The van der Waals surface area contributed by atoms with Gasteiger partial charge >= 0.3 is 0 Å². The molecule has 5 rings (SSSR count). The smallest absolute Gasteiger partial charge is 0.138 e. The van der Waals surface area contributed by atoms with Crippen LogP contribution in [0.1, 0.15) is 11.1 Å². The molecule has 1 aromatic carbocycles. The SMILES string of the molecule is N#Cc1ccc(N2CCc3c(-n4ccc(-c5ccccn5)n4)ccnc32)c(Cl)c1. The third-order valence-electron chi connectivity index (χ3n) is 4.98. The van der Waals surface area contributed by atoms with Gasteiger partial charge in [-0.15, -0.1) is 0 Å². The molecule has 0 saturated heterocycles. The van der Waals surface area contributed by atoms with Crippen molar-refractivity contribution in [3.05, 3.63) is 83.3 Å². The summed E-state index contributed by atoms with van der Waals surface area (Å²) in [7, 11) is 0. The number of hydrogen-bond donors (Lipinski definition) is 0. The molecule has 0 bridgehead atoms. The normalized spacial score (nSPS) is 12.6. The summed E-state index contributed by atoms with van der Waals surface area (Å²) in [6, 6.07) is 17.2. The predicted octanol–water partition coefficient (Wildman–Crippen LogP) is 4.55. The first kappa shape index (κ1) is 17.4. The van der Waals surface area contributed by atoms with Crippen LogP contribution in [-0.4, -0.2) is 26.3 Å². The molecule has 0 N–H and O–H groups in total. The molecule has 0 saturated carbocycles. The van der Waals surface area contributed by atoms with Crippen molar-refractivity contribution in [1.29, 1.82) is 5.26 Å². The molecule has 0 fully saturated rings. The van der Waals surface area contributed by atoms with Gasteiger partial charge in [-0.3, -0.25) is 4.98 Å². The van der Waals surface area contributed by atoms with E-state index in [1.54, 1.807) is 24.5 Å². The molecule has 7 heteroatoms.